The van der Waals surface area contributed by atoms with Gasteiger partial charge in [0.15, 0.2) is 0 Å². The van der Waals surface area contributed by atoms with Gasteiger partial charge in [-0.1, -0.05) is 13.8 Å². The van der Waals surface area contributed by atoms with Crippen molar-refractivity contribution in [1.82, 2.24) is 4.57 Å². The average Bonchev–Trinajstić information content (AvgIpc) is 2.15. The highest BCUT2D eigenvalue weighted by molar-refractivity contribution is 5.54. The molecule has 0 aliphatic heterocycles. The zero-order valence-electron chi connectivity index (χ0n) is 8.68. The molecule has 1 rings (SSSR count). The van der Waals surface area contributed by atoms with E-state index in [4.69, 9.17) is 10.8 Å². The van der Waals surface area contributed by atoms with E-state index in [-0.39, 0.29) is 0 Å². The zero-order chi connectivity index (χ0) is 10.4. The smallest absolute Gasteiger partial charge is 0.130 e. The van der Waals surface area contributed by atoms with Crippen molar-refractivity contribution in [2.75, 3.05) is 0 Å². The molecule has 0 aliphatic rings. The molecule has 0 unspecified atom stereocenters. The van der Waals surface area contributed by atoms with E-state index in [1.54, 1.807) is 12.3 Å². The van der Waals surface area contributed by atoms with Crippen molar-refractivity contribution in [3.05, 3.63) is 28.9 Å². The molecule has 0 aliphatic carbocycles. The van der Waals surface area contributed by atoms with Crippen LogP contribution in [0.1, 0.15) is 25.0 Å². The molecule has 1 aromatic rings. The zero-order valence-corrected chi connectivity index (χ0v) is 8.68. The third kappa shape index (κ3) is 2.86. The van der Waals surface area contributed by atoms with E-state index < -0.39 is 0 Å². The highest BCUT2D eigenvalue weighted by Crippen LogP contribution is 1.99. The topological polar surface area (TPSA) is 52.6 Å². The molecule has 1 heterocycles. The number of pyridine rings is 1. The molecular formula is C10H17N3. The minimum atomic E-state index is 0.350. The number of hydrogen-bond acceptors (Lipinski definition) is 2. The van der Waals surface area contributed by atoms with Crippen molar-refractivity contribution in [2.24, 2.45) is 0 Å². The molecule has 2 N–H and O–H groups in total. The molecule has 0 atom stereocenters. The highest BCUT2D eigenvalue weighted by Gasteiger charge is 1.93. The molecule has 0 amide bonds. The predicted octanol–water partition coefficient (Wildman–Crippen LogP) is 2.07. The first kappa shape index (κ1) is 11.6. The summed E-state index contributed by atoms with van der Waals surface area (Å²) in [6.45, 7) is 7.93. The van der Waals surface area contributed by atoms with E-state index in [0.29, 0.717) is 5.49 Å². The number of nitrogens with zero attached hydrogens (tertiary/aromatic N) is 1. The second kappa shape index (κ2) is 5.30. The number of aryl methyl sites for hydroxylation is 2. The molecule has 0 fully saturated rings. The first-order chi connectivity index (χ1) is 6.15. The second-order valence-electron chi connectivity index (χ2n) is 2.56. The predicted molar refractivity (Wildman–Crippen MR) is 55.3 cm³/mol. The normalized spacial score (nSPS) is 8.62. The van der Waals surface area contributed by atoms with Crippen molar-refractivity contribution in [3.8, 4) is 0 Å². The number of aromatic nitrogens is 1. The van der Waals surface area contributed by atoms with Gasteiger partial charge in [0, 0.05) is 6.20 Å². The van der Waals surface area contributed by atoms with Gasteiger partial charge in [-0.25, -0.2) is 0 Å². The second-order valence-corrected chi connectivity index (χ2v) is 2.56. The molecule has 72 valence electrons. The van der Waals surface area contributed by atoms with Crippen LogP contribution in [0, 0.1) is 24.7 Å². The lowest BCUT2D eigenvalue weighted by atomic mass is 10.2. The standard InChI is InChI=1S/C8H11N3.C2H6/c1-6-3-8(10)11(5-9)4-7(6)2;1-2/h3-5,9-10H,1-2H3;1-2H3. The van der Waals surface area contributed by atoms with Gasteiger partial charge in [0.2, 0.25) is 0 Å². The Morgan fingerprint density at radius 3 is 2.23 bits per heavy atom. The summed E-state index contributed by atoms with van der Waals surface area (Å²) in [6, 6.07) is 1.75. The maximum absolute atomic E-state index is 7.42. The van der Waals surface area contributed by atoms with Crippen LogP contribution in [-0.4, -0.2) is 10.9 Å². The Morgan fingerprint density at radius 2 is 1.77 bits per heavy atom. The summed E-state index contributed by atoms with van der Waals surface area (Å²) in [7, 11) is 0. The van der Waals surface area contributed by atoms with Crippen LogP contribution in [0.15, 0.2) is 12.3 Å². The van der Waals surface area contributed by atoms with E-state index in [0.717, 1.165) is 17.5 Å². The van der Waals surface area contributed by atoms with Crippen LogP contribution in [0.3, 0.4) is 0 Å². The molecule has 0 saturated carbocycles. The molecule has 0 radical (unpaired) electrons. The minimum Gasteiger partial charge on any atom is -0.293 e. The van der Waals surface area contributed by atoms with Crippen LogP contribution < -0.4 is 5.49 Å². The van der Waals surface area contributed by atoms with Crippen molar-refractivity contribution in [2.45, 2.75) is 27.7 Å². The summed E-state index contributed by atoms with van der Waals surface area (Å²) in [6.07, 6.45) is 2.92. The summed E-state index contributed by atoms with van der Waals surface area (Å²) >= 11 is 0. The lowest BCUT2D eigenvalue weighted by Gasteiger charge is -2.02. The maximum Gasteiger partial charge on any atom is 0.130 e. The summed E-state index contributed by atoms with van der Waals surface area (Å²) < 4.78 is 1.47. The monoisotopic (exact) mass is 179 g/mol. The molecule has 1 aromatic heterocycles. The van der Waals surface area contributed by atoms with Crippen LogP contribution >= 0.6 is 0 Å². The van der Waals surface area contributed by atoms with Gasteiger partial charge in [-0.2, -0.15) is 0 Å². The van der Waals surface area contributed by atoms with Gasteiger partial charge in [0.25, 0.3) is 0 Å². The molecule has 3 heteroatoms. The SMILES string of the molecule is CC.Cc1cc(=N)n(C=N)cc1C. The third-order valence-electron chi connectivity index (χ3n) is 1.73. The molecule has 3 nitrogen and oxygen atoms in total. The van der Waals surface area contributed by atoms with Crippen LogP contribution in [0.2, 0.25) is 0 Å². The maximum atomic E-state index is 7.42. The quantitative estimate of drug-likeness (QED) is 0.490. The van der Waals surface area contributed by atoms with E-state index in [9.17, 15) is 0 Å². The van der Waals surface area contributed by atoms with Gasteiger partial charge in [0.1, 0.15) is 5.49 Å². The fraction of sp³-hybridized carbons (Fsp3) is 0.400. The summed E-state index contributed by atoms with van der Waals surface area (Å²) in [5.41, 5.74) is 2.54. The lowest BCUT2D eigenvalue weighted by Crippen LogP contribution is -2.18. The van der Waals surface area contributed by atoms with Crippen molar-refractivity contribution in [1.29, 1.82) is 10.8 Å². The molecule has 0 saturated heterocycles. The molecule has 13 heavy (non-hydrogen) atoms. The molecule has 0 bridgehead atoms. The Hall–Kier alpha value is -1.38. The lowest BCUT2D eigenvalue weighted by molar-refractivity contribution is 0.963. The molecule has 0 spiro atoms. The Bertz CT molecular complexity index is 337. The Kier molecular flexibility index (Phi) is 4.74. The summed E-state index contributed by atoms with van der Waals surface area (Å²) in [5, 5.41) is 14.4. The molecular weight excluding hydrogens is 162 g/mol. The Balaban J connectivity index is 0.000000671. The van der Waals surface area contributed by atoms with Gasteiger partial charge >= 0.3 is 0 Å². The summed E-state index contributed by atoms with van der Waals surface area (Å²) in [5.74, 6) is 0. The van der Waals surface area contributed by atoms with Crippen LogP contribution in [0.4, 0.5) is 0 Å². The van der Waals surface area contributed by atoms with E-state index in [1.165, 1.54) is 4.57 Å². The highest BCUT2D eigenvalue weighted by atomic mass is 15.0. The van der Waals surface area contributed by atoms with Gasteiger partial charge < -0.3 is 0 Å². The van der Waals surface area contributed by atoms with Crippen LogP contribution in [0.5, 0.6) is 0 Å². The fourth-order valence-electron chi connectivity index (χ4n) is 0.880. The van der Waals surface area contributed by atoms with Crippen LogP contribution in [-0.2, 0) is 0 Å². The largest absolute Gasteiger partial charge is 0.293 e. The summed E-state index contributed by atoms with van der Waals surface area (Å²) in [4.78, 5) is 0. The number of hydrogen-bond donors (Lipinski definition) is 2. The number of nitrogens with one attached hydrogen (secondary N) is 2. The van der Waals surface area contributed by atoms with Gasteiger partial charge in [0.05, 0.1) is 6.34 Å². The first-order valence-electron chi connectivity index (χ1n) is 4.39. The van der Waals surface area contributed by atoms with Crippen molar-refractivity contribution in [3.63, 3.8) is 0 Å². The Morgan fingerprint density at radius 1 is 1.23 bits per heavy atom. The van der Waals surface area contributed by atoms with Crippen LogP contribution in [0.25, 0.3) is 0 Å². The first-order valence-corrected chi connectivity index (χ1v) is 4.39. The van der Waals surface area contributed by atoms with E-state index in [2.05, 4.69) is 0 Å². The third-order valence-corrected chi connectivity index (χ3v) is 1.73. The van der Waals surface area contributed by atoms with Crippen molar-refractivity contribution >= 4 is 6.34 Å². The Labute approximate surface area is 79.1 Å². The number of rotatable bonds is 1. The van der Waals surface area contributed by atoms with E-state index in [1.807, 2.05) is 27.7 Å². The minimum absolute atomic E-state index is 0.350. The van der Waals surface area contributed by atoms with Crippen molar-refractivity contribution < 1.29 is 0 Å². The average molecular weight is 179 g/mol. The van der Waals surface area contributed by atoms with E-state index >= 15 is 0 Å². The van der Waals surface area contributed by atoms with Gasteiger partial charge in [-0.05, 0) is 31.0 Å². The van der Waals surface area contributed by atoms with Gasteiger partial charge in [-0.15, -0.1) is 0 Å². The fourth-order valence-corrected chi connectivity index (χ4v) is 0.880. The van der Waals surface area contributed by atoms with Gasteiger partial charge in [-0.3, -0.25) is 15.4 Å². The molecule has 0 aromatic carbocycles.